The van der Waals surface area contributed by atoms with Gasteiger partial charge in [0.2, 0.25) is 0 Å². The smallest absolute Gasteiger partial charge is 0.395 e. The van der Waals surface area contributed by atoms with Gasteiger partial charge in [-0.2, -0.15) is 22.0 Å². The van der Waals surface area contributed by atoms with Crippen molar-refractivity contribution in [3.8, 4) is 5.75 Å². The monoisotopic (exact) mass is 573 g/mol. The van der Waals surface area contributed by atoms with Crippen LogP contribution in [0.15, 0.2) is 33.5 Å². The van der Waals surface area contributed by atoms with Gasteiger partial charge in [0.25, 0.3) is 5.56 Å². The largest absolute Gasteiger partial charge is 0.760 e. The first kappa shape index (κ1) is 30.5. The van der Waals surface area contributed by atoms with Crippen LogP contribution in [0.3, 0.4) is 0 Å². The Balaban J connectivity index is 2.16. The molecular formula is C24H28ClF6N2O5-. The number of hydroxylamine groups is 2. The minimum atomic E-state index is -4.66. The van der Waals surface area contributed by atoms with Crippen LogP contribution in [-0.4, -0.2) is 40.9 Å². The Hall–Kier alpha value is -2.06. The topological polar surface area (TPSA) is 76.0 Å². The zero-order chi connectivity index (χ0) is 28.6. The maximum Gasteiger partial charge on any atom is 0.395 e. The maximum absolute atomic E-state index is 15.2. The number of allylic oxidation sites excluding steroid dienone is 4. The van der Waals surface area contributed by atoms with Gasteiger partial charge in [-0.1, -0.05) is 17.2 Å². The van der Waals surface area contributed by atoms with E-state index >= 15 is 4.39 Å². The minimum absolute atomic E-state index is 0.00341. The number of ether oxygens (including phenoxy) is 2. The number of aromatic nitrogens is 1. The Labute approximate surface area is 220 Å². The first-order chi connectivity index (χ1) is 17.5. The van der Waals surface area contributed by atoms with Crippen LogP contribution >= 0.6 is 11.6 Å². The van der Waals surface area contributed by atoms with Gasteiger partial charge in [0.15, 0.2) is 0 Å². The fourth-order valence-corrected chi connectivity index (χ4v) is 4.48. The van der Waals surface area contributed by atoms with Crippen molar-refractivity contribution in [1.82, 2.24) is 9.79 Å². The van der Waals surface area contributed by atoms with Crippen LogP contribution < -0.4 is 10.3 Å². The summed E-state index contributed by atoms with van der Waals surface area (Å²) in [5.74, 6) is -3.25. The molecule has 3 rings (SSSR count). The van der Waals surface area contributed by atoms with E-state index in [0.717, 1.165) is 16.8 Å². The average Bonchev–Trinajstić information content (AvgIpc) is 2.74. The number of alkyl halides is 5. The molecule has 0 radical (unpaired) electrons. The number of halogens is 7. The molecule has 38 heavy (non-hydrogen) atoms. The predicted molar refractivity (Wildman–Crippen MR) is 127 cm³/mol. The molecule has 2 aliphatic rings. The molecule has 1 aliphatic heterocycles. The van der Waals surface area contributed by atoms with Gasteiger partial charge in [-0.3, -0.25) is 9.36 Å². The Morgan fingerprint density at radius 2 is 1.92 bits per heavy atom. The van der Waals surface area contributed by atoms with Crippen molar-refractivity contribution in [1.29, 1.82) is 0 Å². The zero-order valence-corrected chi connectivity index (χ0v) is 21.8. The molecule has 0 bridgehead atoms. The Bertz CT molecular complexity index is 1140. The molecule has 0 spiro atoms. The lowest BCUT2D eigenvalue weighted by Crippen LogP contribution is -2.41. The third kappa shape index (κ3) is 7.32. The lowest BCUT2D eigenvalue weighted by atomic mass is 9.85. The number of nitrogens with zero attached hydrogens (tertiary/aromatic N) is 2. The summed E-state index contributed by atoms with van der Waals surface area (Å²) >= 11 is 5.98. The second-order valence-corrected chi connectivity index (χ2v) is 10.6. The van der Waals surface area contributed by atoms with Gasteiger partial charge in [0, 0.05) is 23.6 Å². The maximum atomic E-state index is 15.2. The lowest BCUT2D eigenvalue weighted by Gasteiger charge is -2.42. The third-order valence-corrected chi connectivity index (χ3v) is 6.33. The van der Waals surface area contributed by atoms with Gasteiger partial charge in [-0.25, -0.2) is 9.62 Å². The molecule has 0 N–H and O–H groups in total. The zero-order valence-electron chi connectivity index (χ0n) is 21.1. The van der Waals surface area contributed by atoms with Crippen LogP contribution in [0.2, 0.25) is 0 Å². The molecule has 0 fully saturated rings. The van der Waals surface area contributed by atoms with E-state index in [1.807, 2.05) is 0 Å². The highest BCUT2D eigenvalue weighted by atomic mass is 35.5. The second kappa shape index (κ2) is 11.6. The summed E-state index contributed by atoms with van der Waals surface area (Å²) in [6.07, 6.45) is -7.50. The van der Waals surface area contributed by atoms with Crippen LogP contribution in [0.4, 0.5) is 26.3 Å². The Kier molecular flexibility index (Phi) is 9.29. The Morgan fingerprint density at radius 3 is 2.50 bits per heavy atom. The average molecular weight is 574 g/mol. The molecule has 0 amide bonds. The van der Waals surface area contributed by atoms with Crippen molar-refractivity contribution in [2.75, 3.05) is 6.61 Å². The van der Waals surface area contributed by atoms with E-state index < -0.39 is 67.4 Å². The summed E-state index contributed by atoms with van der Waals surface area (Å²) in [5.41, 5.74) is -2.18. The molecule has 0 saturated carbocycles. The molecule has 1 aliphatic carbocycles. The molecule has 0 saturated heterocycles. The Morgan fingerprint density at radius 1 is 1.26 bits per heavy atom. The normalized spacial score (nSPS) is 20.6. The first-order valence-corrected chi connectivity index (χ1v) is 12.2. The lowest BCUT2D eigenvalue weighted by molar-refractivity contribution is -0.245. The van der Waals surface area contributed by atoms with Gasteiger partial charge in [-0.15, -0.1) is 0 Å². The van der Waals surface area contributed by atoms with E-state index in [2.05, 4.69) is 4.74 Å². The van der Waals surface area contributed by atoms with Gasteiger partial charge < -0.3 is 19.5 Å². The molecule has 1 unspecified atom stereocenters. The van der Waals surface area contributed by atoms with Crippen LogP contribution in [-0.2, 0) is 9.57 Å². The van der Waals surface area contributed by atoms with E-state index in [4.69, 9.17) is 21.2 Å². The highest BCUT2D eigenvalue weighted by molar-refractivity contribution is 6.31. The highest BCUT2D eigenvalue weighted by Crippen LogP contribution is 2.47. The third-order valence-electron chi connectivity index (χ3n) is 5.97. The molecule has 1 aromatic heterocycles. The number of fused-ring (bicyclic) bond motifs is 2. The molecular weight excluding hydrogens is 546 g/mol. The van der Waals surface area contributed by atoms with E-state index in [1.165, 1.54) is 27.7 Å². The molecule has 3 atom stereocenters. The van der Waals surface area contributed by atoms with Crippen molar-refractivity contribution >= 4 is 17.2 Å². The van der Waals surface area contributed by atoms with Gasteiger partial charge in [0.1, 0.15) is 24.3 Å². The summed E-state index contributed by atoms with van der Waals surface area (Å²) < 4.78 is 92.5. The summed E-state index contributed by atoms with van der Waals surface area (Å²) in [7, 11) is 0. The van der Waals surface area contributed by atoms with Gasteiger partial charge in [-0.05, 0) is 47.0 Å². The standard InChI is InChI=1S/C24H28ClF6N2O5/c1-12(37-22(27)28)7-18(33(35)38-23(2,3)4)32-10-17-15(9-19(32)34)20-13(5-6-16(25)21(20)26)8-14(11-36-17)24(29,30)31/h9-10,12,14,18,22H,5-8,11H2,1-4H3/q-1/t12-,14+,18?/m0/s1. The van der Waals surface area contributed by atoms with E-state index in [-0.39, 0.29) is 45.6 Å². The van der Waals surface area contributed by atoms with Crippen LogP contribution in [0.1, 0.15) is 65.1 Å². The fourth-order valence-electron chi connectivity index (χ4n) is 4.29. The van der Waals surface area contributed by atoms with Crippen molar-refractivity contribution in [3.63, 3.8) is 0 Å². The molecule has 1 aromatic rings. The van der Waals surface area contributed by atoms with E-state index in [1.54, 1.807) is 0 Å². The quantitative estimate of drug-likeness (QED) is 0.263. The highest BCUT2D eigenvalue weighted by Gasteiger charge is 2.43. The molecule has 2 heterocycles. The van der Waals surface area contributed by atoms with Crippen molar-refractivity contribution in [3.05, 3.63) is 49.8 Å². The second-order valence-electron chi connectivity index (χ2n) is 10.2. The van der Waals surface area contributed by atoms with Crippen LogP contribution in [0.5, 0.6) is 5.75 Å². The van der Waals surface area contributed by atoms with Crippen molar-refractivity contribution in [2.24, 2.45) is 5.92 Å². The van der Waals surface area contributed by atoms with Crippen molar-refractivity contribution in [2.45, 2.75) is 84.0 Å². The molecule has 0 aromatic carbocycles. The van der Waals surface area contributed by atoms with E-state index in [9.17, 15) is 32.0 Å². The number of rotatable bonds is 7. The minimum Gasteiger partial charge on any atom is -0.760 e. The first-order valence-electron chi connectivity index (χ1n) is 11.8. The summed E-state index contributed by atoms with van der Waals surface area (Å²) in [4.78, 5) is 18.5. The molecule has 7 nitrogen and oxygen atoms in total. The number of hydrogen-bond donors (Lipinski definition) is 0. The van der Waals surface area contributed by atoms with Crippen LogP contribution in [0, 0.1) is 11.1 Å². The fraction of sp³-hybridized carbons (Fsp3) is 0.625. The van der Waals surface area contributed by atoms with Gasteiger partial charge >= 0.3 is 12.8 Å². The molecule has 14 heteroatoms. The SMILES string of the molecule is C[C@@H](CC(N([O-])OC(C)(C)C)n1cc2c(cc1=O)C1=C(CCC(Cl)=C1F)C[C@@H](C(F)(F)F)CO2)OC(F)F. The van der Waals surface area contributed by atoms with Gasteiger partial charge in [0.05, 0.1) is 28.9 Å². The summed E-state index contributed by atoms with van der Waals surface area (Å²) in [6.45, 7) is 1.85. The summed E-state index contributed by atoms with van der Waals surface area (Å²) in [5, 5.41) is 12.8. The van der Waals surface area contributed by atoms with E-state index in [0.29, 0.717) is 0 Å². The number of hydrogen-bond acceptors (Lipinski definition) is 6. The predicted octanol–water partition coefficient (Wildman–Crippen LogP) is 6.82. The molecule has 214 valence electrons. The van der Waals surface area contributed by atoms with Crippen LogP contribution in [0.25, 0.3) is 5.57 Å². The van der Waals surface area contributed by atoms with Crippen molar-refractivity contribution < 1.29 is 40.7 Å². The summed E-state index contributed by atoms with van der Waals surface area (Å²) in [6, 6.07) is 0.921. The number of pyridine rings is 1.